The van der Waals surface area contributed by atoms with Crippen LogP contribution in [0.25, 0.3) is 11.6 Å². The fourth-order valence-electron chi connectivity index (χ4n) is 4.35. The molecule has 2 aliphatic rings. The fraction of sp³-hybridized carbons (Fsp3) is 0.286. The minimum absolute atomic E-state index is 0.317. The lowest BCUT2D eigenvalue weighted by molar-refractivity contribution is 0.0526. The van der Waals surface area contributed by atoms with E-state index >= 15 is 0 Å². The van der Waals surface area contributed by atoms with Gasteiger partial charge in [-0.3, -0.25) is 4.99 Å². The number of nitrogens with zero attached hydrogens (tertiary/aromatic N) is 1. The van der Waals surface area contributed by atoms with E-state index in [4.69, 9.17) is 9.47 Å². The SMILES string of the molecule is CCN=CC1(C)C=C2Oc3ccccc3C=C2C(c2ccccc2C(=O)OCC)=C1NCC. The van der Waals surface area contributed by atoms with Gasteiger partial charge in [0.15, 0.2) is 0 Å². The monoisotopic (exact) mass is 442 g/mol. The number of benzene rings is 2. The predicted molar refractivity (Wildman–Crippen MR) is 133 cm³/mol. The van der Waals surface area contributed by atoms with E-state index < -0.39 is 5.41 Å². The van der Waals surface area contributed by atoms with Gasteiger partial charge in [-0.2, -0.15) is 0 Å². The second-order valence-corrected chi connectivity index (χ2v) is 8.16. The van der Waals surface area contributed by atoms with Crippen molar-refractivity contribution in [1.82, 2.24) is 5.32 Å². The van der Waals surface area contributed by atoms with E-state index in [2.05, 4.69) is 36.3 Å². The highest BCUT2D eigenvalue weighted by Gasteiger charge is 2.39. The molecule has 0 fully saturated rings. The van der Waals surface area contributed by atoms with Gasteiger partial charge in [0.1, 0.15) is 11.5 Å². The summed E-state index contributed by atoms with van der Waals surface area (Å²) in [6.07, 6.45) is 6.21. The van der Waals surface area contributed by atoms with Crippen molar-refractivity contribution < 1.29 is 14.3 Å². The molecule has 0 aromatic heterocycles. The molecular formula is C28H30N2O3. The molecule has 0 saturated heterocycles. The lowest BCUT2D eigenvalue weighted by Gasteiger charge is -2.37. The van der Waals surface area contributed by atoms with Gasteiger partial charge in [-0.1, -0.05) is 36.4 Å². The molecule has 1 unspecified atom stereocenters. The maximum Gasteiger partial charge on any atom is 0.338 e. The molecule has 33 heavy (non-hydrogen) atoms. The maximum absolute atomic E-state index is 12.9. The second kappa shape index (κ2) is 9.49. The van der Waals surface area contributed by atoms with Gasteiger partial charge in [0, 0.05) is 41.7 Å². The normalized spacial score (nSPS) is 19.3. The van der Waals surface area contributed by atoms with Crippen LogP contribution in [0.15, 0.2) is 76.6 Å². The number of para-hydroxylation sites is 1. The van der Waals surface area contributed by atoms with Gasteiger partial charge in [-0.05, 0) is 57.5 Å². The molecule has 4 rings (SSSR count). The van der Waals surface area contributed by atoms with Crippen LogP contribution in [-0.4, -0.2) is 31.9 Å². The molecule has 0 radical (unpaired) electrons. The summed E-state index contributed by atoms with van der Waals surface area (Å²) in [5.41, 5.74) is 4.64. The Bertz CT molecular complexity index is 1190. The summed E-state index contributed by atoms with van der Waals surface area (Å²) in [5.74, 6) is 1.23. The summed E-state index contributed by atoms with van der Waals surface area (Å²) in [6.45, 7) is 9.74. The van der Waals surface area contributed by atoms with E-state index in [0.717, 1.165) is 46.0 Å². The number of esters is 1. The average Bonchev–Trinajstić information content (AvgIpc) is 2.82. The summed E-state index contributed by atoms with van der Waals surface area (Å²) >= 11 is 0. The number of carbonyl (C=O) groups is 1. The Kier molecular flexibility index (Phi) is 6.50. The fourth-order valence-corrected chi connectivity index (χ4v) is 4.35. The van der Waals surface area contributed by atoms with Crippen LogP contribution in [0.3, 0.4) is 0 Å². The molecular weight excluding hydrogens is 412 g/mol. The highest BCUT2D eigenvalue weighted by Crippen LogP contribution is 2.48. The molecule has 5 nitrogen and oxygen atoms in total. The van der Waals surface area contributed by atoms with E-state index in [0.29, 0.717) is 18.7 Å². The van der Waals surface area contributed by atoms with Crippen LogP contribution >= 0.6 is 0 Å². The summed E-state index contributed by atoms with van der Waals surface area (Å²) in [6, 6.07) is 15.6. The van der Waals surface area contributed by atoms with Crippen LogP contribution < -0.4 is 10.1 Å². The first-order chi connectivity index (χ1) is 16.0. The minimum atomic E-state index is -0.540. The zero-order valence-electron chi connectivity index (χ0n) is 19.6. The van der Waals surface area contributed by atoms with Crippen molar-refractivity contribution in [1.29, 1.82) is 0 Å². The molecule has 170 valence electrons. The number of aliphatic imine (C=N–C) groups is 1. The van der Waals surface area contributed by atoms with Gasteiger partial charge < -0.3 is 14.8 Å². The number of hydrogen-bond donors (Lipinski definition) is 1. The molecule has 1 N–H and O–H groups in total. The van der Waals surface area contributed by atoms with E-state index in [-0.39, 0.29) is 5.97 Å². The Morgan fingerprint density at radius 1 is 1.12 bits per heavy atom. The molecule has 0 saturated carbocycles. The quantitative estimate of drug-likeness (QED) is 0.444. The van der Waals surface area contributed by atoms with E-state index in [1.54, 1.807) is 0 Å². The Labute approximate surface area is 195 Å². The van der Waals surface area contributed by atoms with Crippen LogP contribution in [0.2, 0.25) is 0 Å². The van der Waals surface area contributed by atoms with Gasteiger partial charge in [0.2, 0.25) is 0 Å². The van der Waals surface area contributed by atoms with Crippen LogP contribution in [0, 0.1) is 5.41 Å². The van der Waals surface area contributed by atoms with Gasteiger partial charge in [0.25, 0.3) is 0 Å². The smallest absolute Gasteiger partial charge is 0.338 e. The molecule has 1 aliphatic heterocycles. The molecule has 1 atom stereocenters. The molecule has 1 aliphatic carbocycles. The third-order valence-electron chi connectivity index (χ3n) is 5.78. The van der Waals surface area contributed by atoms with Gasteiger partial charge in [-0.25, -0.2) is 4.79 Å². The number of nitrogens with one attached hydrogen (secondary N) is 1. The third kappa shape index (κ3) is 4.23. The van der Waals surface area contributed by atoms with Crippen molar-refractivity contribution >= 4 is 23.8 Å². The van der Waals surface area contributed by atoms with Crippen LogP contribution in [0.4, 0.5) is 0 Å². The predicted octanol–water partition coefficient (Wildman–Crippen LogP) is 5.65. The number of ether oxygens (including phenoxy) is 2. The third-order valence-corrected chi connectivity index (χ3v) is 5.78. The second-order valence-electron chi connectivity index (χ2n) is 8.16. The lowest BCUT2D eigenvalue weighted by Crippen LogP contribution is -2.35. The molecule has 2 aromatic rings. The van der Waals surface area contributed by atoms with Crippen molar-refractivity contribution in [2.24, 2.45) is 10.4 Å². The number of hydrogen-bond acceptors (Lipinski definition) is 5. The Morgan fingerprint density at radius 3 is 2.64 bits per heavy atom. The summed E-state index contributed by atoms with van der Waals surface area (Å²) in [5, 5.41) is 3.58. The highest BCUT2D eigenvalue weighted by atomic mass is 16.5. The Hall–Kier alpha value is -3.60. The first-order valence-corrected chi connectivity index (χ1v) is 11.5. The van der Waals surface area contributed by atoms with E-state index in [1.165, 1.54) is 0 Å². The summed E-state index contributed by atoms with van der Waals surface area (Å²) in [4.78, 5) is 17.5. The van der Waals surface area contributed by atoms with Crippen LogP contribution in [0.5, 0.6) is 5.75 Å². The van der Waals surface area contributed by atoms with Gasteiger partial charge >= 0.3 is 5.97 Å². The molecule has 0 bridgehead atoms. The summed E-state index contributed by atoms with van der Waals surface area (Å²) < 4.78 is 11.8. The first kappa shape index (κ1) is 22.6. The maximum atomic E-state index is 12.9. The number of rotatable bonds is 7. The number of carbonyl (C=O) groups excluding carboxylic acids is 1. The van der Waals surface area contributed by atoms with Gasteiger partial charge in [-0.15, -0.1) is 0 Å². The molecule has 0 spiro atoms. The summed E-state index contributed by atoms with van der Waals surface area (Å²) in [7, 11) is 0. The van der Waals surface area contributed by atoms with Crippen molar-refractivity contribution in [2.45, 2.75) is 27.7 Å². The van der Waals surface area contributed by atoms with Crippen molar-refractivity contribution in [3.8, 4) is 5.75 Å². The standard InChI is InChI=1S/C28H30N2O3/c1-5-29-18-28(4)17-24-22(16-19-12-8-11-15-23(19)33-24)25(26(28)30-6-2)20-13-9-10-14-21(20)27(31)32-7-3/h8-18,30H,5-7H2,1-4H3. The van der Waals surface area contributed by atoms with Gasteiger partial charge in [0.05, 0.1) is 17.6 Å². The van der Waals surface area contributed by atoms with Crippen molar-refractivity contribution in [3.63, 3.8) is 0 Å². The van der Waals surface area contributed by atoms with Crippen molar-refractivity contribution in [2.75, 3.05) is 19.7 Å². The largest absolute Gasteiger partial charge is 0.462 e. The topological polar surface area (TPSA) is 59.9 Å². The lowest BCUT2D eigenvalue weighted by atomic mass is 9.74. The Balaban J connectivity index is 2.04. The highest BCUT2D eigenvalue weighted by molar-refractivity contribution is 6.03. The number of fused-ring (bicyclic) bond motifs is 2. The first-order valence-electron chi connectivity index (χ1n) is 11.5. The molecule has 0 amide bonds. The molecule has 1 heterocycles. The van der Waals surface area contributed by atoms with Crippen LogP contribution in [0.1, 0.15) is 49.2 Å². The minimum Gasteiger partial charge on any atom is -0.462 e. The van der Waals surface area contributed by atoms with Crippen LogP contribution in [-0.2, 0) is 4.74 Å². The van der Waals surface area contributed by atoms with Crippen molar-refractivity contribution in [3.05, 3.63) is 88.3 Å². The number of allylic oxidation sites excluding steroid dienone is 2. The average molecular weight is 443 g/mol. The molecule has 2 aromatic carbocycles. The zero-order valence-corrected chi connectivity index (χ0v) is 19.6. The Morgan fingerprint density at radius 2 is 1.88 bits per heavy atom. The van der Waals surface area contributed by atoms with E-state index in [9.17, 15) is 4.79 Å². The molecule has 5 heteroatoms. The zero-order chi connectivity index (χ0) is 23.4. The van der Waals surface area contributed by atoms with E-state index in [1.807, 2.05) is 68.6 Å².